The quantitative estimate of drug-likeness (QED) is 0.718. The summed E-state index contributed by atoms with van der Waals surface area (Å²) in [4.78, 5) is 11.4. The lowest BCUT2D eigenvalue weighted by Crippen LogP contribution is -2.07. The number of carbonyl (C=O) groups is 1. The minimum Gasteiger partial charge on any atom is -0.299 e. The highest BCUT2D eigenvalue weighted by Gasteiger charge is 2.31. The van der Waals surface area contributed by atoms with E-state index in [1.807, 2.05) is 0 Å². The molecule has 0 radical (unpaired) electrons. The molecule has 1 aliphatic rings. The van der Waals surface area contributed by atoms with Gasteiger partial charge in [0.1, 0.15) is 5.78 Å². The van der Waals surface area contributed by atoms with Crippen LogP contribution in [0.1, 0.15) is 36.3 Å². The zero-order valence-corrected chi connectivity index (χ0v) is 8.55. The lowest BCUT2D eigenvalue weighted by Gasteiger charge is -2.10. The third-order valence-corrected chi connectivity index (χ3v) is 2.95. The van der Waals surface area contributed by atoms with Crippen molar-refractivity contribution in [2.45, 2.75) is 31.4 Å². The molecule has 4 heteroatoms. The first-order valence-electron chi connectivity index (χ1n) is 5.18. The molecule has 16 heavy (non-hydrogen) atoms. The van der Waals surface area contributed by atoms with Crippen molar-refractivity contribution in [1.82, 2.24) is 0 Å². The van der Waals surface area contributed by atoms with Gasteiger partial charge in [0.2, 0.25) is 0 Å². The van der Waals surface area contributed by atoms with Gasteiger partial charge in [-0.25, -0.2) is 0 Å². The molecule has 0 aromatic heterocycles. The number of halogens is 3. The molecule has 0 saturated heterocycles. The van der Waals surface area contributed by atoms with Gasteiger partial charge in [0.05, 0.1) is 5.56 Å². The van der Waals surface area contributed by atoms with Gasteiger partial charge in [-0.05, 0) is 30.5 Å². The molecule has 1 aromatic rings. The highest BCUT2D eigenvalue weighted by Crippen LogP contribution is 2.34. The van der Waals surface area contributed by atoms with E-state index in [0.717, 1.165) is 25.0 Å². The van der Waals surface area contributed by atoms with Crippen LogP contribution in [0.2, 0.25) is 0 Å². The first-order chi connectivity index (χ1) is 7.48. The number of hydrogen-bond donors (Lipinski definition) is 0. The fraction of sp³-hybridized carbons (Fsp3) is 0.417. The summed E-state index contributed by atoms with van der Waals surface area (Å²) in [6.07, 6.45) is -2.17. The molecule has 0 bridgehead atoms. The van der Waals surface area contributed by atoms with Crippen LogP contribution < -0.4 is 0 Å². The zero-order chi connectivity index (χ0) is 11.8. The fourth-order valence-electron chi connectivity index (χ4n) is 2.07. The standard InChI is InChI=1S/C12H11F3O/c13-12(14,15)9-6-4-8(5-7-9)10-2-1-3-11(10)16/h4-7,10H,1-3H2/t10-/m0/s1. The highest BCUT2D eigenvalue weighted by atomic mass is 19.4. The van der Waals surface area contributed by atoms with Crippen LogP contribution in [0.3, 0.4) is 0 Å². The van der Waals surface area contributed by atoms with Crippen LogP contribution in [-0.4, -0.2) is 5.78 Å². The normalized spacial score (nSPS) is 21.4. The maximum Gasteiger partial charge on any atom is 0.416 e. The first kappa shape index (κ1) is 11.2. The molecule has 0 N–H and O–H groups in total. The van der Waals surface area contributed by atoms with Crippen LogP contribution in [0.4, 0.5) is 13.2 Å². The minimum atomic E-state index is -4.31. The van der Waals surface area contributed by atoms with Gasteiger partial charge in [-0.3, -0.25) is 4.79 Å². The molecule has 86 valence electrons. The number of carbonyl (C=O) groups excluding carboxylic acids is 1. The summed E-state index contributed by atoms with van der Waals surface area (Å²) in [6, 6.07) is 4.91. The Balaban J connectivity index is 2.22. The van der Waals surface area contributed by atoms with Crippen molar-refractivity contribution in [2.24, 2.45) is 0 Å². The van der Waals surface area contributed by atoms with Gasteiger partial charge in [0.25, 0.3) is 0 Å². The van der Waals surface area contributed by atoms with Crippen LogP contribution in [0.5, 0.6) is 0 Å². The fourth-order valence-corrected chi connectivity index (χ4v) is 2.07. The van der Waals surface area contributed by atoms with E-state index in [4.69, 9.17) is 0 Å². The summed E-state index contributed by atoms with van der Waals surface area (Å²) in [7, 11) is 0. The van der Waals surface area contributed by atoms with E-state index in [2.05, 4.69) is 0 Å². The van der Waals surface area contributed by atoms with Crippen molar-refractivity contribution in [1.29, 1.82) is 0 Å². The zero-order valence-electron chi connectivity index (χ0n) is 8.55. The Morgan fingerprint density at radius 3 is 2.19 bits per heavy atom. The second-order valence-corrected chi connectivity index (χ2v) is 4.03. The SMILES string of the molecule is O=C1CCC[C@H]1c1ccc(C(F)(F)F)cc1. The van der Waals surface area contributed by atoms with Gasteiger partial charge >= 0.3 is 6.18 Å². The Morgan fingerprint density at radius 1 is 1.12 bits per heavy atom. The Bertz CT molecular complexity index is 392. The molecule has 0 unspecified atom stereocenters. The molecule has 1 aromatic carbocycles. The second-order valence-electron chi connectivity index (χ2n) is 4.03. The van der Waals surface area contributed by atoms with Crippen LogP contribution in [0.15, 0.2) is 24.3 Å². The summed E-state index contributed by atoms with van der Waals surface area (Å²) < 4.78 is 36.9. The van der Waals surface area contributed by atoms with Crippen molar-refractivity contribution < 1.29 is 18.0 Å². The summed E-state index contributed by atoms with van der Waals surface area (Å²) in [5, 5.41) is 0. The second kappa shape index (κ2) is 3.92. The van der Waals surface area contributed by atoms with Crippen LogP contribution in [0.25, 0.3) is 0 Å². The number of alkyl halides is 3. The van der Waals surface area contributed by atoms with Crippen LogP contribution >= 0.6 is 0 Å². The largest absolute Gasteiger partial charge is 0.416 e. The molecule has 0 spiro atoms. The van der Waals surface area contributed by atoms with Crippen molar-refractivity contribution in [2.75, 3.05) is 0 Å². The molecule has 1 saturated carbocycles. The van der Waals surface area contributed by atoms with Gasteiger partial charge < -0.3 is 0 Å². The average Bonchev–Trinajstić information content (AvgIpc) is 2.63. The summed E-state index contributed by atoms with van der Waals surface area (Å²) >= 11 is 0. The number of Topliss-reactive ketones (excluding diaryl/α,β-unsaturated/α-hetero) is 1. The maximum absolute atomic E-state index is 12.3. The highest BCUT2D eigenvalue weighted by molar-refractivity contribution is 5.87. The van der Waals surface area contributed by atoms with Gasteiger partial charge in [0.15, 0.2) is 0 Å². The molecule has 0 amide bonds. The van der Waals surface area contributed by atoms with Gasteiger partial charge in [-0.1, -0.05) is 12.1 Å². The molecule has 1 nitrogen and oxygen atoms in total. The predicted octanol–water partition coefficient (Wildman–Crippen LogP) is 3.54. The first-order valence-corrected chi connectivity index (χ1v) is 5.18. The summed E-state index contributed by atoms with van der Waals surface area (Å²) in [6.45, 7) is 0. The number of ketones is 1. The molecule has 1 aliphatic carbocycles. The van der Waals surface area contributed by atoms with Crippen LogP contribution in [-0.2, 0) is 11.0 Å². The monoisotopic (exact) mass is 228 g/mol. The Hall–Kier alpha value is -1.32. The van der Waals surface area contributed by atoms with Crippen LogP contribution in [0, 0.1) is 0 Å². The molecule has 1 atom stereocenters. The van der Waals surface area contributed by atoms with Crippen molar-refractivity contribution >= 4 is 5.78 Å². The number of benzene rings is 1. The van der Waals surface area contributed by atoms with Crippen molar-refractivity contribution in [3.63, 3.8) is 0 Å². The van der Waals surface area contributed by atoms with Gasteiger partial charge in [-0.15, -0.1) is 0 Å². The molecule has 1 fully saturated rings. The van der Waals surface area contributed by atoms with E-state index < -0.39 is 11.7 Å². The number of rotatable bonds is 1. The third-order valence-electron chi connectivity index (χ3n) is 2.95. The van der Waals surface area contributed by atoms with Crippen molar-refractivity contribution in [3.8, 4) is 0 Å². The van der Waals surface area contributed by atoms with E-state index in [0.29, 0.717) is 12.0 Å². The molecular formula is C12H11F3O. The van der Waals surface area contributed by atoms with Gasteiger partial charge in [-0.2, -0.15) is 13.2 Å². The van der Waals surface area contributed by atoms with E-state index in [-0.39, 0.29) is 11.7 Å². The average molecular weight is 228 g/mol. The summed E-state index contributed by atoms with van der Waals surface area (Å²) in [5.74, 6) is -0.0537. The molecule has 0 heterocycles. The Morgan fingerprint density at radius 2 is 1.75 bits per heavy atom. The van der Waals surface area contributed by atoms with E-state index in [1.54, 1.807) is 0 Å². The lowest BCUT2D eigenvalue weighted by molar-refractivity contribution is -0.137. The van der Waals surface area contributed by atoms with Gasteiger partial charge in [0, 0.05) is 12.3 Å². The predicted molar refractivity (Wildman–Crippen MR) is 53.0 cm³/mol. The van der Waals surface area contributed by atoms with Crippen molar-refractivity contribution in [3.05, 3.63) is 35.4 Å². The smallest absolute Gasteiger partial charge is 0.299 e. The summed E-state index contributed by atoms with van der Waals surface area (Å²) in [5.41, 5.74) is 0.0391. The number of hydrogen-bond acceptors (Lipinski definition) is 1. The van der Waals surface area contributed by atoms with E-state index >= 15 is 0 Å². The van der Waals surface area contributed by atoms with E-state index in [9.17, 15) is 18.0 Å². The topological polar surface area (TPSA) is 17.1 Å². The molecular weight excluding hydrogens is 217 g/mol. The maximum atomic E-state index is 12.3. The lowest BCUT2D eigenvalue weighted by atomic mass is 9.96. The molecule has 0 aliphatic heterocycles. The third kappa shape index (κ3) is 2.10. The molecule has 2 rings (SSSR count). The Labute approximate surface area is 91.3 Å². The minimum absolute atomic E-state index is 0.139. The van der Waals surface area contributed by atoms with E-state index in [1.165, 1.54) is 12.1 Å². The Kier molecular flexibility index (Phi) is 2.74.